The summed E-state index contributed by atoms with van der Waals surface area (Å²) in [7, 11) is -0.815. The molecule has 1 unspecified atom stereocenters. The Morgan fingerprint density at radius 3 is 2.55 bits per heavy atom. The maximum absolute atomic E-state index is 12.4. The van der Waals surface area contributed by atoms with Gasteiger partial charge in [-0.3, -0.25) is 0 Å². The normalized spacial score (nSPS) is 13.2. The Morgan fingerprint density at radius 2 is 2.05 bits per heavy atom. The first kappa shape index (κ1) is 16.9. The second-order valence-corrected chi connectivity index (χ2v) is 6.01. The monoisotopic (exact) mass is 303 g/mol. The summed E-state index contributed by atoms with van der Waals surface area (Å²) in [4.78, 5) is 0.0149. The second kappa shape index (κ2) is 7.58. The highest BCUT2D eigenvalue weighted by atomic mass is 32.2. The van der Waals surface area contributed by atoms with Crippen LogP contribution in [0.5, 0.6) is 5.75 Å². The lowest BCUT2D eigenvalue weighted by atomic mass is 10.2. The first-order valence-electron chi connectivity index (χ1n) is 6.27. The summed E-state index contributed by atoms with van der Waals surface area (Å²) in [5.74, 6) is 0.238. The zero-order valence-electron chi connectivity index (χ0n) is 11.9. The van der Waals surface area contributed by atoms with Crippen LogP contribution in [0.1, 0.15) is 18.9 Å². The highest BCUT2D eigenvalue weighted by Crippen LogP contribution is 2.25. The van der Waals surface area contributed by atoms with Crippen LogP contribution in [0.2, 0.25) is 0 Å². The molecule has 2 N–H and O–H groups in total. The van der Waals surface area contributed by atoms with Gasteiger partial charge in [0.1, 0.15) is 10.6 Å². The average molecular weight is 303 g/mol. The Balaban J connectivity index is 3.13. The van der Waals surface area contributed by atoms with Crippen LogP contribution in [0.4, 0.5) is 0 Å². The minimum absolute atomic E-state index is 0.0149. The molecule has 0 bridgehead atoms. The number of methoxy groups -OCH3 is 2. The van der Waals surface area contributed by atoms with Crippen molar-refractivity contribution >= 4 is 10.0 Å². The zero-order valence-corrected chi connectivity index (χ0v) is 12.7. The molecule has 0 radical (unpaired) electrons. The van der Waals surface area contributed by atoms with Gasteiger partial charge in [0.2, 0.25) is 10.0 Å². The maximum atomic E-state index is 12.4. The Hall–Kier alpha value is -1.15. The van der Waals surface area contributed by atoms with Gasteiger partial charge in [0.25, 0.3) is 0 Å². The Morgan fingerprint density at radius 1 is 1.35 bits per heavy atom. The van der Waals surface area contributed by atoms with Crippen LogP contribution < -0.4 is 9.46 Å². The first-order chi connectivity index (χ1) is 9.48. The van der Waals surface area contributed by atoms with Gasteiger partial charge in [-0.25, -0.2) is 13.1 Å². The van der Waals surface area contributed by atoms with E-state index in [1.807, 2.05) is 6.92 Å². The van der Waals surface area contributed by atoms with E-state index in [9.17, 15) is 8.42 Å². The van der Waals surface area contributed by atoms with Gasteiger partial charge >= 0.3 is 0 Å². The van der Waals surface area contributed by atoms with Gasteiger partial charge < -0.3 is 14.6 Å². The van der Waals surface area contributed by atoms with Crippen molar-refractivity contribution in [3.8, 4) is 5.75 Å². The van der Waals surface area contributed by atoms with E-state index in [1.54, 1.807) is 6.07 Å². The molecule has 1 atom stereocenters. The molecule has 1 aromatic carbocycles. The molecule has 20 heavy (non-hydrogen) atoms. The van der Waals surface area contributed by atoms with E-state index in [2.05, 4.69) is 4.72 Å². The molecule has 1 rings (SSSR count). The smallest absolute Gasteiger partial charge is 0.244 e. The lowest BCUT2D eigenvalue weighted by molar-refractivity contribution is 0.173. The number of ether oxygens (including phenoxy) is 2. The summed E-state index contributed by atoms with van der Waals surface area (Å²) in [5.41, 5.74) is 0.506. The first-order valence-corrected chi connectivity index (χ1v) is 7.75. The maximum Gasteiger partial charge on any atom is 0.244 e. The Labute approximate surface area is 119 Å². The van der Waals surface area contributed by atoms with Crippen LogP contribution in [-0.2, 0) is 21.4 Å². The molecule has 0 fully saturated rings. The molecule has 0 spiro atoms. The predicted molar refractivity (Wildman–Crippen MR) is 75.2 cm³/mol. The zero-order chi connectivity index (χ0) is 15.2. The molecule has 7 heteroatoms. The average Bonchev–Trinajstić information content (AvgIpc) is 2.45. The molecule has 114 valence electrons. The summed E-state index contributed by atoms with van der Waals surface area (Å²) in [6.07, 6.45) is 0.606. The standard InChI is InChI=1S/C13H21NO5S/c1-4-11(9-18-2)14-20(16,17)13-7-10(8-15)5-6-12(13)19-3/h5-7,11,14-15H,4,8-9H2,1-3H3. The van der Waals surface area contributed by atoms with E-state index in [1.165, 1.54) is 26.4 Å². The number of aliphatic hydroxyl groups is 1. The van der Waals surface area contributed by atoms with Crippen LogP contribution in [-0.4, -0.2) is 40.4 Å². The number of aliphatic hydroxyl groups excluding tert-OH is 1. The van der Waals surface area contributed by atoms with Gasteiger partial charge in [0.05, 0.1) is 20.3 Å². The number of benzene rings is 1. The minimum atomic E-state index is -3.74. The number of hydrogen-bond donors (Lipinski definition) is 2. The number of rotatable bonds is 8. The van der Waals surface area contributed by atoms with Crippen molar-refractivity contribution in [3.05, 3.63) is 23.8 Å². The van der Waals surface area contributed by atoms with E-state index in [4.69, 9.17) is 14.6 Å². The molecule has 0 aromatic heterocycles. The third-order valence-corrected chi connectivity index (χ3v) is 4.42. The van der Waals surface area contributed by atoms with Crippen molar-refractivity contribution in [2.75, 3.05) is 20.8 Å². The number of sulfonamides is 1. The summed E-state index contributed by atoms with van der Waals surface area (Å²) in [6, 6.07) is 4.23. The van der Waals surface area contributed by atoms with E-state index in [-0.39, 0.29) is 29.9 Å². The van der Waals surface area contributed by atoms with Gasteiger partial charge in [-0.05, 0) is 24.1 Å². The quantitative estimate of drug-likeness (QED) is 0.745. The molecule has 1 aromatic rings. The molecule has 0 aliphatic heterocycles. The summed E-state index contributed by atoms with van der Waals surface area (Å²) in [5, 5.41) is 9.13. The molecule has 0 saturated heterocycles. The fourth-order valence-electron chi connectivity index (χ4n) is 1.75. The Kier molecular flexibility index (Phi) is 6.41. The van der Waals surface area contributed by atoms with Gasteiger partial charge in [0, 0.05) is 13.2 Å². The highest BCUT2D eigenvalue weighted by Gasteiger charge is 2.23. The second-order valence-electron chi connectivity index (χ2n) is 4.33. The van der Waals surface area contributed by atoms with Crippen molar-refractivity contribution in [1.29, 1.82) is 0 Å². The van der Waals surface area contributed by atoms with Crippen molar-refractivity contribution in [1.82, 2.24) is 4.72 Å². The molecule has 0 amide bonds. The topological polar surface area (TPSA) is 84.9 Å². The molecule has 0 aliphatic rings. The lowest BCUT2D eigenvalue weighted by Crippen LogP contribution is -2.37. The fraction of sp³-hybridized carbons (Fsp3) is 0.538. The largest absolute Gasteiger partial charge is 0.495 e. The van der Waals surface area contributed by atoms with Crippen LogP contribution in [0.15, 0.2) is 23.1 Å². The van der Waals surface area contributed by atoms with Crippen molar-refractivity contribution in [2.45, 2.75) is 30.9 Å². The predicted octanol–water partition coefficient (Wildman–Crippen LogP) is 0.891. The summed E-state index contributed by atoms with van der Waals surface area (Å²) >= 11 is 0. The van der Waals surface area contributed by atoms with E-state index in [0.717, 1.165) is 0 Å². The van der Waals surface area contributed by atoms with Gasteiger partial charge in [0.15, 0.2) is 0 Å². The van der Waals surface area contributed by atoms with Gasteiger partial charge in [-0.1, -0.05) is 13.0 Å². The molecule has 6 nitrogen and oxygen atoms in total. The number of nitrogens with one attached hydrogen (secondary N) is 1. The van der Waals surface area contributed by atoms with E-state index in [0.29, 0.717) is 12.0 Å². The van der Waals surface area contributed by atoms with Crippen LogP contribution in [0, 0.1) is 0 Å². The van der Waals surface area contributed by atoms with E-state index < -0.39 is 10.0 Å². The van der Waals surface area contributed by atoms with Crippen molar-refractivity contribution < 1.29 is 23.0 Å². The van der Waals surface area contributed by atoms with Crippen LogP contribution in [0.25, 0.3) is 0 Å². The van der Waals surface area contributed by atoms with E-state index >= 15 is 0 Å². The molecule has 0 heterocycles. The van der Waals surface area contributed by atoms with Crippen LogP contribution >= 0.6 is 0 Å². The molecule has 0 aliphatic carbocycles. The van der Waals surface area contributed by atoms with Gasteiger partial charge in [-0.15, -0.1) is 0 Å². The SMILES string of the molecule is CCC(COC)NS(=O)(=O)c1cc(CO)ccc1OC. The lowest BCUT2D eigenvalue weighted by Gasteiger charge is -2.17. The number of hydrogen-bond acceptors (Lipinski definition) is 5. The fourth-order valence-corrected chi connectivity index (χ4v) is 3.27. The Bertz CT molecular complexity index is 530. The minimum Gasteiger partial charge on any atom is -0.495 e. The third-order valence-electron chi connectivity index (χ3n) is 2.88. The summed E-state index contributed by atoms with van der Waals surface area (Å²) in [6.45, 7) is 1.92. The van der Waals surface area contributed by atoms with Crippen molar-refractivity contribution in [2.24, 2.45) is 0 Å². The van der Waals surface area contributed by atoms with Crippen LogP contribution in [0.3, 0.4) is 0 Å². The summed E-state index contributed by atoms with van der Waals surface area (Å²) < 4.78 is 37.4. The van der Waals surface area contributed by atoms with Crippen molar-refractivity contribution in [3.63, 3.8) is 0 Å². The molecular formula is C13H21NO5S. The molecular weight excluding hydrogens is 282 g/mol. The third kappa shape index (κ3) is 4.17. The molecule has 0 saturated carbocycles. The van der Waals surface area contributed by atoms with Gasteiger partial charge in [-0.2, -0.15) is 0 Å². The highest BCUT2D eigenvalue weighted by molar-refractivity contribution is 7.89.